The summed E-state index contributed by atoms with van der Waals surface area (Å²) in [5.74, 6) is -0.723. The lowest BCUT2D eigenvalue weighted by atomic mass is 10.2. The number of methoxy groups -OCH3 is 1. The molecule has 2 aliphatic rings. The maximum Gasteiger partial charge on any atom is 0.320 e. The van der Waals surface area contributed by atoms with E-state index in [-0.39, 0.29) is 6.04 Å². The van der Waals surface area contributed by atoms with Crippen molar-refractivity contribution < 1.29 is 14.6 Å². The Kier molecular flexibility index (Phi) is 4.36. The monoisotopic (exact) mass is 242 g/mol. The van der Waals surface area contributed by atoms with Gasteiger partial charge in [0.1, 0.15) is 6.04 Å². The van der Waals surface area contributed by atoms with Crippen LogP contribution in [0, 0.1) is 0 Å². The number of hydrogen-bond acceptors (Lipinski definition) is 4. The van der Waals surface area contributed by atoms with E-state index in [4.69, 9.17) is 9.84 Å². The molecule has 2 atom stereocenters. The molecule has 1 saturated heterocycles. The Labute approximate surface area is 102 Å². The highest BCUT2D eigenvalue weighted by Crippen LogP contribution is 2.20. The maximum absolute atomic E-state index is 11.1. The van der Waals surface area contributed by atoms with Gasteiger partial charge >= 0.3 is 5.97 Å². The second kappa shape index (κ2) is 5.80. The molecular weight excluding hydrogens is 220 g/mol. The van der Waals surface area contributed by atoms with Gasteiger partial charge in [0.15, 0.2) is 0 Å². The fourth-order valence-corrected chi connectivity index (χ4v) is 2.32. The van der Waals surface area contributed by atoms with Crippen molar-refractivity contribution in [3.63, 3.8) is 0 Å². The number of hydrogen-bond donors (Lipinski definition) is 2. The van der Waals surface area contributed by atoms with Gasteiger partial charge in [0, 0.05) is 32.8 Å². The number of ether oxygens (including phenoxy) is 1. The maximum atomic E-state index is 11.1. The number of rotatable bonds is 7. The quantitative estimate of drug-likeness (QED) is 0.672. The van der Waals surface area contributed by atoms with Crippen LogP contribution >= 0.6 is 0 Å². The highest BCUT2D eigenvalue weighted by atomic mass is 16.5. The highest BCUT2D eigenvalue weighted by Gasteiger charge is 2.29. The van der Waals surface area contributed by atoms with Gasteiger partial charge < -0.3 is 20.1 Å². The summed E-state index contributed by atoms with van der Waals surface area (Å²) in [6.45, 7) is 2.80. The van der Waals surface area contributed by atoms with Crippen molar-refractivity contribution in [2.24, 2.45) is 0 Å². The van der Waals surface area contributed by atoms with Crippen LogP contribution < -0.4 is 5.32 Å². The van der Waals surface area contributed by atoms with Gasteiger partial charge in [0.05, 0.1) is 6.10 Å². The number of nitrogens with one attached hydrogen (secondary N) is 1. The zero-order valence-corrected chi connectivity index (χ0v) is 10.4. The third-order valence-corrected chi connectivity index (χ3v) is 3.61. The van der Waals surface area contributed by atoms with Gasteiger partial charge in [-0.2, -0.15) is 0 Å². The Balaban J connectivity index is 1.69. The molecule has 0 spiro atoms. The minimum Gasteiger partial charge on any atom is -0.480 e. The van der Waals surface area contributed by atoms with Crippen molar-refractivity contribution in [1.29, 1.82) is 0 Å². The van der Waals surface area contributed by atoms with Gasteiger partial charge in [-0.3, -0.25) is 4.79 Å². The predicted molar refractivity (Wildman–Crippen MR) is 64.1 cm³/mol. The second-order valence-electron chi connectivity index (χ2n) is 5.07. The predicted octanol–water partition coefficient (Wildman–Crippen LogP) is 0.302. The molecule has 0 amide bonds. The molecule has 1 aliphatic carbocycles. The average Bonchev–Trinajstić information content (AvgIpc) is 3.01. The van der Waals surface area contributed by atoms with E-state index in [1.807, 2.05) is 0 Å². The first-order valence-corrected chi connectivity index (χ1v) is 6.43. The van der Waals surface area contributed by atoms with Crippen LogP contribution in [0.3, 0.4) is 0 Å². The Morgan fingerprint density at radius 3 is 2.82 bits per heavy atom. The molecule has 1 heterocycles. The molecule has 98 valence electrons. The summed E-state index contributed by atoms with van der Waals surface area (Å²) in [6, 6.07) is 0.0606. The lowest BCUT2D eigenvalue weighted by Crippen LogP contribution is -2.40. The van der Waals surface area contributed by atoms with E-state index >= 15 is 0 Å². The van der Waals surface area contributed by atoms with Crippen molar-refractivity contribution in [2.75, 3.05) is 26.7 Å². The zero-order chi connectivity index (χ0) is 12.3. The number of likely N-dealkylation sites (tertiary alicyclic amines) is 1. The van der Waals surface area contributed by atoms with E-state index < -0.39 is 5.97 Å². The van der Waals surface area contributed by atoms with E-state index in [1.54, 1.807) is 7.11 Å². The van der Waals surface area contributed by atoms with Gasteiger partial charge in [0.2, 0.25) is 0 Å². The summed E-state index contributed by atoms with van der Waals surface area (Å²) in [5.41, 5.74) is 0. The number of carboxylic acids is 1. The summed E-state index contributed by atoms with van der Waals surface area (Å²) >= 11 is 0. The largest absolute Gasteiger partial charge is 0.480 e. The molecule has 2 unspecified atom stereocenters. The molecule has 1 saturated carbocycles. The fraction of sp³-hybridized carbons (Fsp3) is 0.917. The first-order valence-electron chi connectivity index (χ1n) is 6.43. The fourth-order valence-electron chi connectivity index (χ4n) is 2.32. The summed E-state index contributed by atoms with van der Waals surface area (Å²) in [7, 11) is 1.74. The molecule has 0 radical (unpaired) electrons. The van der Waals surface area contributed by atoms with E-state index in [9.17, 15) is 4.79 Å². The Hall–Kier alpha value is -0.650. The molecule has 2 N–H and O–H groups in total. The Morgan fingerprint density at radius 1 is 1.53 bits per heavy atom. The molecule has 0 aromatic rings. The molecule has 5 heteroatoms. The lowest BCUT2D eigenvalue weighted by Gasteiger charge is -2.19. The number of carboxylic acid groups (broad SMARTS) is 1. The molecule has 2 rings (SSSR count). The SMILES string of the molecule is COC1CCN(CCC(NC2CC2)C(=O)O)C1. The third-order valence-electron chi connectivity index (χ3n) is 3.61. The molecule has 17 heavy (non-hydrogen) atoms. The van der Waals surface area contributed by atoms with Crippen molar-refractivity contribution in [2.45, 2.75) is 43.9 Å². The minimum atomic E-state index is -0.723. The van der Waals surface area contributed by atoms with Crippen molar-refractivity contribution >= 4 is 5.97 Å². The molecule has 0 bridgehead atoms. The van der Waals surface area contributed by atoms with Crippen molar-refractivity contribution in [3.8, 4) is 0 Å². The van der Waals surface area contributed by atoms with Crippen LogP contribution in [0.25, 0.3) is 0 Å². The van der Waals surface area contributed by atoms with Crippen LogP contribution in [-0.2, 0) is 9.53 Å². The number of carbonyl (C=O) groups is 1. The molecule has 0 aromatic heterocycles. The summed E-state index contributed by atoms with van der Waals surface area (Å²) in [6.07, 6.45) is 4.32. The zero-order valence-electron chi connectivity index (χ0n) is 10.4. The van der Waals surface area contributed by atoms with Gasteiger partial charge in [0.25, 0.3) is 0 Å². The topological polar surface area (TPSA) is 61.8 Å². The molecular formula is C12H22N2O3. The van der Waals surface area contributed by atoms with Crippen molar-refractivity contribution in [3.05, 3.63) is 0 Å². The van der Waals surface area contributed by atoms with Crippen LogP contribution in [0.5, 0.6) is 0 Å². The van der Waals surface area contributed by atoms with Gasteiger partial charge in [-0.05, 0) is 25.7 Å². The first kappa shape index (κ1) is 12.8. The smallest absolute Gasteiger partial charge is 0.320 e. The van der Waals surface area contributed by atoms with Crippen LogP contribution in [0.1, 0.15) is 25.7 Å². The van der Waals surface area contributed by atoms with E-state index in [1.165, 1.54) is 0 Å². The van der Waals surface area contributed by atoms with E-state index in [2.05, 4.69) is 10.2 Å². The standard InChI is InChI=1S/C12H22N2O3/c1-17-10-4-6-14(8-10)7-5-11(12(15)16)13-9-2-3-9/h9-11,13H,2-8H2,1H3,(H,15,16). The van der Waals surface area contributed by atoms with Crippen LogP contribution in [0.15, 0.2) is 0 Å². The summed E-state index contributed by atoms with van der Waals surface area (Å²) in [4.78, 5) is 13.4. The number of aliphatic carboxylic acids is 1. The van der Waals surface area contributed by atoms with Gasteiger partial charge in [-0.1, -0.05) is 0 Å². The minimum absolute atomic E-state index is 0.328. The second-order valence-corrected chi connectivity index (χ2v) is 5.07. The highest BCUT2D eigenvalue weighted by molar-refractivity contribution is 5.73. The van der Waals surface area contributed by atoms with E-state index in [0.29, 0.717) is 18.6 Å². The molecule has 5 nitrogen and oxygen atoms in total. The van der Waals surface area contributed by atoms with E-state index in [0.717, 1.165) is 38.9 Å². The first-order chi connectivity index (χ1) is 8.19. The number of nitrogens with zero attached hydrogens (tertiary/aromatic N) is 1. The summed E-state index contributed by atoms with van der Waals surface area (Å²) in [5, 5.41) is 12.3. The van der Waals surface area contributed by atoms with Crippen LogP contribution in [0.2, 0.25) is 0 Å². The lowest BCUT2D eigenvalue weighted by molar-refractivity contribution is -0.139. The average molecular weight is 242 g/mol. The Bertz CT molecular complexity index is 268. The third kappa shape index (κ3) is 3.94. The van der Waals surface area contributed by atoms with Crippen molar-refractivity contribution in [1.82, 2.24) is 10.2 Å². The van der Waals surface area contributed by atoms with Crippen LogP contribution in [0.4, 0.5) is 0 Å². The summed E-state index contributed by atoms with van der Waals surface area (Å²) < 4.78 is 5.30. The molecule has 0 aromatic carbocycles. The Morgan fingerprint density at radius 2 is 2.29 bits per heavy atom. The van der Waals surface area contributed by atoms with Gasteiger partial charge in [-0.15, -0.1) is 0 Å². The molecule has 1 aliphatic heterocycles. The normalized spacial score (nSPS) is 27.2. The van der Waals surface area contributed by atoms with Crippen LogP contribution in [-0.4, -0.2) is 60.9 Å². The van der Waals surface area contributed by atoms with Gasteiger partial charge in [-0.25, -0.2) is 0 Å². The molecule has 2 fully saturated rings.